The van der Waals surface area contributed by atoms with Gasteiger partial charge in [0.2, 0.25) is 0 Å². The van der Waals surface area contributed by atoms with Crippen molar-refractivity contribution >= 4 is 5.97 Å². The van der Waals surface area contributed by atoms with Gasteiger partial charge in [-0.2, -0.15) is 0 Å². The Morgan fingerprint density at radius 2 is 1.92 bits per heavy atom. The second-order valence-corrected chi connectivity index (χ2v) is 2.39. The van der Waals surface area contributed by atoms with Crippen LogP contribution in [0, 0.1) is 6.42 Å². The topological polar surface area (TPSA) is 37.3 Å². The number of aliphatic carboxylic acids is 1. The largest absolute Gasteiger partial charge is 1.00 e. The molecular weight excluding hydrogens is 187 g/mol. The molecule has 0 aliphatic carbocycles. The number of carbonyl (C=O) groups is 1. The first kappa shape index (κ1) is 18.5. The number of rotatable bonds is 6. The molecule has 0 unspecified atom stereocenters. The van der Waals surface area contributed by atoms with Crippen LogP contribution in [-0.4, -0.2) is 11.1 Å². The average molecular weight is 202 g/mol. The van der Waals surface area contributed by atoms with E-state index in [0.717, 1.165) is 19.3 Å². The van der Waals surface area contributed by atoms with Crippen molar-refractivity contribution in [1.29, 1.82) is 0 Å². The van der Waals surface area contributed by atoms with Gasteiger partial charge in [-0.1, -0.05) is 32.6 Å². The SMILES string of the molecule is CCCCCC[CH]C(=O)O.[Cl-].[Na+]. The zero-order valence-corrected chi connectivity index (χ0v) is 10.6. The molecule has 1 radical (unpaired) electrons. The second kappa shape index (κ2) is 14.3. The number of unbranched alkanes of at least 4 members (excludes halogenated alkanes) is 4. The summed E-state index contributed by atoms with van der Waals surface area (Å²) in [7, 11) is 0. The molecule has 0 aliphatic heterocycles. The Kier molecular flexibility index (Phi) is 22.1. The van der Waals surface area contributed by atoms with Crippen LogP contribution in [0.15, 0.2) is 0 Å². The smallest absolute Gasteiger partial charge is 1.00 e. The van der Waals surface area contributed by atoms with E-state index in [1.807, 2.05) is 0 Å². The molecule has 67 valence electrons. The first-order valence-corrected chi connectivity index (χ1v) is 3.83. The van der Waals surface area contributed by atoms with Gasteiger partial charge in [0.25, 0.3) is 0 Å². The van der Waals surface area contributed by atoms with Crippen molar-refractivity contribution in [3.63, 3.8) is 0 Å². The molecule has 0 spiro atoms. The molecule has 0 aliphatic rings. The van der Waals surface area contributed by atoms with Crippen LogP contribution in [0.3, 0.4) is 0 Å². The Morgan fingerprint density at radius 3 is 2.33 bits per heavy atom. The van der Waals surface area contributed by atoms with E-state index in [4.69, 9.17) is 5.11 Å². The van der Waals surface area contributed by atoms with Crippen molar-refractivity contribution in [3.8, 4) is 0 Å². The van der Waals surface area contributed by atoms with E-state index in [1.165, 1.54) is 19.3 Å². The predicted octanol–water partition coefficient (Wildman–Crippen LogP) is -3.75. The van der Waals surface area contributed by atoms with Crippen molar-refractivity contribution in [1.82, 2.24) is 0 Å². The summed E-state index contributed by atoms with van der Waals surface area (Å²) in [4.78, 5) is 9.98. The molecule has 0 heterocycles. The van der Waals surface area contributed by atoms with Gasteiger partial charge in [-0.05, 0) is 6.42 Å². The van der Waals surface area contributed by atoms with Crippen molar-refractivity contribution in [2.24, 2.45) is 0 Å². The Labute approximate surface area is 103 Å². The van der Waals surface area contributed by atoms with Crippen molar-refractivity contribution in [2.75, 3.05) is 0 Å². The van der Waals surface area contributed by atoms with E-state index in [2.05, 4.69) is 6.92 Å². The van der Waals surface area contributed by atoms with E-state index in [0.29, 0.717) is 0 Å². The molecule has 1 N–H and O–H groups in total. The van der Waals surface area contributed by atoms with Crippen LogP contribution < -0.4 is 42.0 Å². The van der Waals surface area contributed by atoms with Crippen molar-refractivity contribution < 1.29 is 51.9 Å². The Balaban J connectivity index is -0.000000405. The standard InChI is InChI=1S/C8H15O2.ClH.Na/c1-2-3-4-5-6-7-8(9)10;;/h7H,2-6H2,1H3,(H,9,10);1H;/q;;+1/p-1. The van der Waals surface area contributed by atoms with Gasteiger partial charge >= 0.3 is 35.5 Å². The monoisotopic (exact) mass is 201 g/mol. The average Bonchev–Trinajstić information content (AvgIpc) is 1.87. The maximum Gasteiger partial charge on any atom is 1.00 e. The van der Waals surface area contributed by atoms with E-state index in [9.17, 15) is 4.79 Å². The van der Waals surface area contributed by atoms with Gasteiger partial charge in [-0.25, -0.2) is 0 Å². The van der Waals surface area contributed by atoms with Gasteiger partial charge in [0.1, 0.15) is 0 Å². The summed E-state index contributed by atoms with van der Waals surface area (Å²) >= 11 is 0. The summed E-state index contributed by atoms with van der Waals surface area (Å²) in [6.45, 7) is 2.14. The van der Waals surface area contributed by atoms with Crippen molar-refractivity contribution in [3.05, 3.63) is 6.42 Å². The quantitative estimate of drug-likeness (QED) is 0.354. The molecule has 4 heteroatoms. The second-order valence-electron chi connectivity index (χ2n) is 2.39. The van der Waals surface area contributed by atoms with E-state index < -0.39 is 5.97 Å². The van der Waals surface area contributed by atoms with Crippen LogP contribution in [0.4, 0.5) is 0 Å². The van der Waals surface area contributed by atoms with Gasteiger partial charge in [0.05, 0.1) is 6.42 Å². The summed E-state index contributed by atoms with van der Waals surface area (Å²) in [5.74, 6) is -0.795. The number of carboxylic acid groups (broad SMARTS) is 1. The van der Waals surface area contributed by atoms with Gasteiger partial charge in [-0.15, -0.1) is 0 Å². The molecule has 0 fully saturated rings. The number of halogens is 1. The third-order valence-electron chi connectivity index (χ3n) is 1.38. The van der Waals surface area contributed by atoms with E-state index >= 15 is 0 Å². The van der Waals surface area contributed by atoms with Gasteiger partial charge in [-0.3, -0.25) is 4.79 Å². The van der Waals surface area contributed by atoms with Gasteiger partial charge in [0.15, 0.2) is 0 Å². The summed E-state index contributed by atoms with van der Waals surface area (Å²) in [6, 6.07) is 0. The minimum atomic E-state index is -0.795. The first-order chi connectivity index (χ1) is 4.77. The van der Waals surface area contributed by atoms with Crippen LogP contribution in [0.2, 0.25) is 0 Å². The molecule has 0 aromatic heterocycles. The predicted molar refractivity (Wildman–Crippen MR) is 40.7 cm³/mol. The Hall–Kier alpha value is 0.760. The van der Waals surface area contributed by atoms with Crippen LogP contribution in [0.5, 0.6) is 0 Å². The first-order valence-electron chi connectivity index (χ1n) is 3.83. The van der Waals surface area contributed by atoms with Crippen LogP contribution >= 0.6 is 0 Å². The minimum Gasteiger partial charge on any atom is -1.00 e. The Bertz CT molecular complexity index is 99.1. The molecule has 2 nitrogen and oxygen atoms in total. The van der Waals surface area contributed by atoms with Crippen LogP contribution in [-0.2, 0) is 4.79 Å². The van der Waals surface area contributed by atoms with Crippen LogP contribution in [0.1, 0.15) is 39.0 Å². The van der Waals surface area contributed by atoms with E-state index in [-0.39, 0.29) is 42.0 Å². The third-order valence-corrected chi connectivity index (χ3v) is 1.38. The number of hydrogen-bond donors (Lipinski definition) is 1. The molecule has 0 aromatic rings. The zero-order chi connectivity index (χ0) is 7.82. The maximum atomic E-state index is 9.98. The Morgan fingerprint density at radius 1 is 1.33 bits per heavy atom. The summed E-state index contributed by atoms with van der Waals surface area (Å²) < 4.78 is 0. The molecule has 0 bridgehead atoms. The summed E-state index contributed by atoms with van der Waals surface area (Å²) in [5, 5.41) is 8.21. The molecule has 12 heavy (non-hydrogen) atoms. The molecule has 0 saturated heterocycles. The third kappa shape index (κ3) is 17.0. The van der Waals surface area contributed by atoms with Crippen molar-refractivity contribution in [2.45, 2.75) is 39.0 Å². The molecule has 0 aromatic carbocycles. The van der Waals surface area contributed by atoms with Gasteiger partial charge in [0, 0.05) is 0 Å². The van der Waals surface area contributed by atoms with Crippen LogP contribution in [0.25, 0.3) is 0 Å². The minimum absolute atomic E-state index is 0. The molecule has 0 amide bonds. The fourth-order valence-corrected chi connectivity index (χ4v) is 0.797. The summed E-state index contributed by atoms with van der Waals surface area (Å²) in [6.07, 6.45) is 6.63. The van der Waals surface area contributed by atoms with Gasteiger partial charge < -0.3 is 17.5 Å². The summed E-state index contributed by atoms with van der Waals surface area (Å²) in [5.41, 5.74) is 0. The molecule has 0 atom stereocenters. The van der Waals surface area contributed by atoms with E-state index in [1.54, 1.807) is 0 Å². The number of carboxylic acids is 1. The maximum absolute atomic E-state index is 9.98. The molecule has 0 saturated carbocycles. The fraction of sp³-hybridized carbons (Fsp3) is 0.750. The molecular formula is C8H15ClNaO2. The zero-order valence-electron chi connectivity index (χ0n) is 7.85. The number of hydrogen-bond acceptors (Lipinski definition) is 1. The molecule has 0 rings (SSSR count). The normalized spacial score (nSPS) is 8.08. The fourth-order valence-electron chi connectivity index (χ4n) is 0.797.